The Balaban J connectivity index is 2.82. The first-order chi connectivity index (χ1) is 4.41. The normalized spacial score (nSPS) is 10.9. The third-order valence-electron chi connectivity index (χ3n) is 1.08. The lowest BCUT2D eigenvalue weighted by atomic mass is 10.2. The van der Waals surface area contributed by atoms with Crippen LogP contribution >= 0.6 is 0 Å². The second-order valence-electron chi connectivity index (χ2n) is 1.93. The van der Waals surface area contributed by atoms with Crippen molar-refractivity contribution in [2.45, 2.75) is 19.3 Å². The Morgan fingerprint density at radius 3 is 2.56 bits per heavy atom. The van der Waals surface area contributed by atoms with Gasteiger partial charge in [-0.25, -0.2) is 0 Å². The molecule has 0 aliphatic carbocycles. The number of hydrogen-bond acceptors (Lipinski definition) is 2. The van der Waals surface area contributed by atoms with Gasteiger partial charge in [0.1, 0.15) is 0 Å². The van der Waals surface area contributed by atoms with Gasteiger partial charge in [-0.2, -0.15) is 0 Å². The zero-order chi connectivity index (χ0) is 6.95. The maximum Gasteiger partial charge on any atom is 0.0431 e. The molecule has 2 nitrogen and oxygen atoms in total. The molecule has 2 heteroatoms. The number of aliphatic hydroxyl groups excluding tert-OH is 1. The summed E-state index contributed by atoms with van der Waals surface area (Å²) in [6.07, 6.45) is 6.99. The van der Waals surface area contributed by atoms with Crippen molar-refractivity contribution < 1.29 is 5.11 Å². The molecule has 9 heavy (non-hydrogen) atoms. The molecule has 0 aliphatic heterocycles. The average Bonchev–Trinajstić information content (AvgIpc) is 1.89. The molecule has 0 aromatic rings. The van der Waals surface area contributed by atoms with Crippen LogP contribution in [0, 0.1) is 0 Å². The van der Waals surface area contributed by atoms with Gasteiger partial charge in [-0.3, -0.25) is 0 Å². The van der Waals surface area contributed by atoms with E-state index in [1.807, 2.05) is 6.08 Å². The van der Waals surface area contributed by atoms with Crippen molar-refractivity contribution in [3.8, 4) is 0 Å². The monoisotopic (exact) mass is 129 g/mol. The Morgan fingerprint density at radius 1 is 1.22 bits per heavy atom. The van der Waals surface area contributed by atoms with Crippen molar-refractivity contribution >= 4 is 0 Å². The van der Waals surface area contributed by atoms with E-state index in [4.69, 9.17) is 10.8 Å². The molecule has 3 N–H and O–H groups in total. The molecule has 0 aliphatic rings. The predicted molar refractivity (Wildman–Crippen MR) is 39.1 cm³/mol. The van der Waals surface area contributed by atoms with Crippen LogP contribution in [0.2, 0.25) is 0 Å². The van der Waals surface area contributed by atoms with Gasteiger partial charge in [-0.15, -0.1) is 0 Å². The SMILES string of the molecule is NCC=CCCCCO. The van der Waals surface area contributed by atoms with Crippen LogP contribution in [0.5, 0.6) is 0 Å². The van der Waals surface area contributed by atoms with Gasteiger partial charge in [0.2, 0.25) is 0 Å². The first-order valence-corrected chi connectivity index (χ1v) is 3.37. The van der Waals surface area contributed by atoms with Crippen molar-refractivity contribution in [3.63, 3.8) is 0 Å². The fourth-order valence-corrected chi connectivity index (χ4v) is 0.588. The molecule has 0 fully saturated rings. The number of hydrogen-bond donors (Lipinski definition) is 2. The number of nitrogens with two attached hydrogens (primary N) is 1. The Morgan fingerprint density at radius 2 is 2.00 bits per heavy atom. The molecule has 0 rings (SSSR count). The van der Waals surface area contributed by atoms with Gasteiger partial charge < -0.3 is 10.8 Å². The van der Waals surface area contributed by atoms with Crippen LogP contribution < -0.4 is 5.73 Å². The molecular formula is C7H15NO. The maximum absolute atomic E-state index is 8.37. The summed E-state index contributed by atoms with van der Waals surface area (Å²) in [5.41, 5.74) is 5.21. The molecule has 0 unspecified atom stereocenters. The van der Waals surface area contributed by atoms with Crippen LogP contribution in [-0.4, -0.2) is 18.3 Å². The molecular weight excluding hydrogens is 114 g/mol. The highest BCUT2D eigenvalue weighted by Crippen LogP contribution is 1.93. The van der Waals surface area contributed by atoms with E-state index in [1.165, 1.54) is 0 Å². The second-order valence-corrected chi connectivity index (χ2v) is 1.93. The zero-order valence-electron chi connectivity index (χ0n) is 5.71. The highest BCUT2D eigenvalue weighted by atomic mass is 16.2. The summed E-state index contributed by atoms with van der Waals surface area (Å²) in [6.45, 7) is 0.926. The molecule has 0 saturated heterocycles. The highest BCUT2D eigenvalue weighted by Gasteiger charge is 1.80. The Labute approximate surface area is 56.4 Å². The molecule has 0 saturated carbocycles. The average molecular weight is 129 g/mol. The molecule has 0 aromatic heterocycles. The van der Waals surface area contributed by atoms with Gasteiger partial charge in [0, 0.05) is 13.2 Å². The molecule has 54 valence electrons. The molecule has 0 amide bonds. The van der Waals surface area contributed by atoms with Crippen LogP contribution in [0.4, 0.5) is 0 Å². The largest absolute Gasteiger partial charge is 0.396 e. The third-order valence-corrected chi connectivity index (χ3v) is 1.08. The standard InChI is InChI=1S/C7H15NO/c8-6-4-2-1-3-5-7-9/h2,4,9H,1,3,5-8H2. The minimum Gasteiger partial charge on any atom is -0.396 e. The summed E-state index contributed by atoms with van der Waals surface area (Å²) in [6, 6.07) is 0. The molecule has 0 aromatic carbocycles. The number of unbranched alkanes of at least 4 members (excludes halogenated alkanes) is 2. The molecule has 0 bridgehead atoms. The van der Waals surface area contributed by atoms with Crippen LogP contribution in [0.25, 0.3) is 0 Å². The van der Waals surface area contributed by atoms with Crippen LogP contribution in [-0.2, 0) is 0 Å². The van der Waals surface area contributed by atoms with E-state index in [-0.39, 0.29) is 0 Å². The fraction of sp³-hybridized carbons (Fsp3) is 0.714. The predicted octanol–water partition coefficient (Wildman–Crippen LogP) is 0.664. The van der Waals surface area contributed by atoms with E-state index in [0.717, 1.165) is 19.3 Å². The number of aliphatic hydroxyl groups is 1. The van der Waals surface area contributed by atoms with E-state index in [0.29, 0.717) is 13.2 Å². The smallest absolute Gasteiger partial charge is 0.0431 e. The van der Waals surface area contributed by atoms with E-state index < -0.39 is 0 Å². The van der Waals surface area contributed by atoms with Crippen molar-refractivity contribution in [3.05, 3.63) is 12.2 Å². The van der Waals surface area contributed by atoms with Crippen LogP contribution in [0.15, 0.2) is 12.2 Å². The summed E-state index contributed by atoms with van der Waals surface area (Å²) in [5, 5.41) is 8.37. The van der Waals surface area contributed by atoms with E-state index in [1.54, 1.807) is 0 Å². The van der Waals surface area contributed by atoms with Gasteiger partial charge in [0.25, 0.3) is 0 Å². The summed E-state index contributed by atoms with van der Waals surface area (Å²) >= 11 is 0. The first kappa shape index (κ1) is 8.66. The Hall–Kier alpha value is -0.340. The Bertz CT molecular complexity index is 71.3. The van der Waals surface area contributed by atoms with E-state index >= 15 is 0 Å². The quantitative estimate of drug-likeness (QED) is 0.423. The first-order valence-electron chi connectivity index (χ1n) is 3.37. The second kappa shape index (κ2) is 7.66. The van der Waals surface area contributed by atoms with Gasteiger partial charge in [0.05, 0.1) is 0 Å². The van der Waals surface area contributed by atoms with Gasteiger partial charge in [-0.1, -0.05) is 12.2 Å². The summed E-state index contributed by atoms with van der Waals surface area (Å²) in [7, 11) is 0. The summed E-state index contributed by atoms with van der Waals surface area (Å²) < 4.78 is 0. The zero-order valence-corrected chi connectivity index (χ0v) is 5.71. The molecule has 0 radical (unpaired) electrons. The van der Waals surface area contributed by atoms with Gasteiger partial charge in [0.15, 0.2) is 0 Å². The van der Waals surface area contributed by atoms with Gasteiger partial charge in [-0.05, 0) is 19.3 Å². The summed E-state index contributed by atoms with van der Waals surface area (Å²) in [4.78, 5) is 0. The fourth-order valence-electron chi connectivity index (χ4n) is 0.588. The minimum absolute atomic E-state index is 0.302. The Kier molecular flexibility index (Phi) is 7.37. The van der Waals surface area contributed by atoms with Crippen molar-refractivity contribution in [1.82, 2.24) is 0 Å². The minimum atomic E-state index is 0.302. The molecule has 0 atom stereocenters. The third kappa shape index (κ3) is 7.66. The molecule has 0 spiro atoms. The maximum atomic E-state index is 8.37. The van der Waals surface area contributed by atoms with Crippen LogP contribution in [0.3, 0.4) is 0 Å². The lowest BCUT2D eigenvalue weighted by Crippen LogP contribution is -1.92. The van der Waals surface area contributed by atoms with E-state index in [2.05, 4.69) is 6.08 Å². The number of rotatable bonds is 5. The lowest BCUT2D eigenvalue weighted by molar-refractivity contribution is 0.285. The van der Waals surface area contributed by atoms with E-state index in [9.17, 15) is 0 Å². The lowest BCUT2D eigenvalue weighted by Gasteiger charge is -1.89. The molecule has 0 heterocycles. The van der Waals surface area contributed by atoms with Crippen molar-refractivity contribution in [1.29, 1.82) is 0 Å². The number of allylic oxidation sites excluding steroid dienone is 1. The topological polar surface area (TPSA) is 46.2 Å². The van der Waals surface area contributed by atoms with Gasteiger partial charge >= 0.3 is 0 Å². The van der Waals surface area contributed by atoms with Crippen molar-refractivity contribution in [2.75, 3.05) is 13.2 Å². The van der Waals surface area contributed by atoms with Crippen molar-refractivity contribution in [2.24, 2.45) is 5.73 Å². The summed E-state index contributed by atoms with van der Waals surface area (Å²) in [5.74, 6) is 0. The highest BCUT2D eigenvalue weighted by molar-refractivity contribution is 4.81. The van der Waals surface area contributed by atoms with Crippen LogP contribution in [0.1, 0.15) is 19.3 Å².